The SMILES string of the molecule is [2H][C@@H]1C(C)=CCC[C@@H]1O. The van der Waals surface area contributed by atoms with Gasteiger partial charge in [-0.1, -0.05) is 11.6 Å². The maximum Gasteiger partial charge on any atom is 0.0580 e. The van der Waals surface area contributed by atoms with Crippen molar-refractivity contribution in [1.29, 1.82) is 0 Å². The van der Waals surface area contributed by atoms with Gasteiger partial charge in [-0.25, -0.2) is 0 Å². The lowest BCUT2D eigenvalue weighted by atomic mass is 9.98. The molecule has 8 heavy (non-hydrogen) atoms. The highest BCUT2D eigenvalue weighted by atomic mass is 16.3. The van der Waals surface area contributed by atoms with E-state index in [0.29, 0.717) is 0 Å². The molecule has 0 amide bonds. The first kappa shape index (κ1) is 4.57. The zero-order chi connectivity index (χ0) is 6.85. The molecule has 0 aromatic carbocycles. The summed E-state index contributed by atoms with van der Waals surface area (Å²) in [5.74, 6) is 0. The molecule has 0 aliphatic heterocycles. The molecule has 1 rings (SSSR count). The summed E-state index contributed by atoms with van der Waals surface area (Å²) in [6.45, 7) is 1.90. The highest BCUT2D eigenvalue weighted by Gasteiger charge is 2.07. The number of rotatable bonds is 0. The Hall–Kier alpha value is -0.300. The topological polar surface area (TPSA) is 20.2 Å². The first-order valence-corrected chi connectivity index (χ1v) is 2.99. The third-order valence-electron chi connectivity index (χ3n) is 1.38. The third-order valence-corrected chi connectivity index (χ3v) is 1.38. The standard InChI is InChI=1S/C7H12O/c1-6-3-2-4-7(8)5-6/h3,7-8H,2,4-5H2,1H3/t7-/m0/s1/i5D/t5-,7+/m1. The monoisotopic (exact) mass is 113 g/mol. The Morgan fingerprint density at radius 1 is 2.00 bits per heavy atom. The molecular weight excluding hydrogens is 100 g/mol. The molecule has 1 aliphatic rings. The second-order valence-electron chi connectivity index (χ2n) is 2.26. The fourth-order valence-corrected chi connectivity index (χ4v) is 0.937. The van der Waals surface area contributed by atoms with Gasteiger partial charge in [0.1, 0.15) is 0 Å². The van der Waals surface area contributed by atoms with Gasteiger partial charge in [-0.05, 0) is 26.2 Å². The minimum atomic E-state index is -0.421. The maximum absolute atomic E-state index is 9.12. The lowest BCUT2D eigenvalue weighted by Gasteiger charge is -2.14. The van der Waals surface area contributed by atoms with Gasteiger partial charge < -0.3 is 5.11 Å². The van der Waals surface area contributed by atoms with Crippen molar-refractivity contribution >= 4 is 0 Å². The van der Waals surface area contributed by atoms with Crippen LogP contribution in [0.1, 0.15) is 27.5 Å². The summed E-state index contributed by atoms with van der Waals surface area (Å²) < 4.78 is 7.37. The molecule has 0 unspecified atom stereocenters. The molecule has 0 spiro atoms. The van der Waals surface area contributed by atoms with Crippen LogP contribution in [0, 0.1) is 0 Å². The van der Waals surface area contributed by atoms with E-state index in [1.807, 2.05) is 13.0 Å². The average molecular weight is 113 g/mol. The number of aliphatic hydroxyl groups is 1. The molecule has 1 aliphatic carbocycles. The van der Waals surface area contributed by atoms with E-state index in [9.17, 15) is 0 Å². The Kier molecular flexibility index (Phi) is 1.32. The minimum Gasteiger partial charge on any atom is -0.393 e. The minimum absolute atomic E-state index is 0.362. The van der Waals surface area contributed by atoms with Crippen molar-refractivity contribution in [3.8, 4) is 0 Å². The van der Waals surface area contributed by atoms with Gasteiger partial charge in [0.25, 0.3) is 0 Å². The number of hydrogen-bond donors (Lipinski definition) is 1. The number of allylic oxidation sites excluding steroid dienone is 1. The molecule has 0 heterocycles. The van der Waals surface area contributed by atoms with Gasteiger partial charge in [-0.2, -0.15) is 0 Å². The van der Waals surface area contributed by atoms with Crippen LogP contribution in [0.3, 0.4) is 0 Å². The van der Waals surface area contributed by atoms with Gasteiger partial charge in [0.15, 0.2) is 0 Å². The Morgan fingerprint density at radius 3 is 3.25 bits per heavy atom. The highest BCUT2D eigenvalue weighted by molar-refractivity contribution is 5.03. The summed E-state index contributed by atoms with van der Waals surface area (Å²) in [5.41, 5.74) is 1.01. The van der Waals surface area contributed by atoms with Crippen molar-refractivity contribution in [2.24, 2.45) is 0 Å². The van der Waals surface area contributed by atoms with E-state index >= 15 is 0 Å². The smallest absolute Gasteiger partial charge is 0.0580 e. The summed E-state index contributed by atoms with van der Waals surface area (Å²) >= 11 is 0. The Morgan fingerprint density at radius 2 is 2.75 bits per heavy atom. The van der Waals surface area contributed by atoms with Crippen LogP contribution in [0.4, 0.5) is 0 Å². The lowest BCUT2D eigenvalue weighted by molar-refractivity contribution is 0.160. The molecule has 0 fully saturated rings. The molecule has 0 aromatic rings. The van der Waals surface area contributed by atoms with Crippen molar-refractivity contribution in [2.75, 3.05) is 0 Å². The van der Waals surface area contributed by atoms with Gasteiger partial charge in [-0.15, -0.1) is 0 Å². The van der Waals surface area contributed by atoms with E-state index in [1.165, 1.54) is 0 Å². The van der Waals surface area contributed by atoms with E-state index in [4.69, 9.17) is 6.48 Å². The molecule has 2 atom stereocenters. The number of hydrogen-bond acceptors (Lipinski definition) is 1. The normalized spacial score (nSPS) is 40.8. The lowest BCUT2D eigenvalue weighted by Crippen LogP contribution is -2.09. The predicted octanol–water partition coefficient (Wildman–Crippen LogP) is 1.48. The van der Waals surface area contributed by atoms with Crippen molar-refractivity contribution in [1.82, 2.24) is 0 Å². The molecule has 1 N–H and O–H groups in total. The first-order chi connectivity index (χ1) is 4.22. The summed E-state index contributed by atoms with van der Waals surface area (Å²) in [6, 6.07) is 0. The van der Waals surface area contributed by atoms with E-state index in [-0.39, 0.29) is 6.40 Å². The van der Waals surface area contributed by atoms with Crippen LogP contribution in [-0.2, 0) is 0 Å². The van der Waals surface area contributed by atoms with Crippen LogP contribution >= 0.6 is 0 Å². The Bertz CT molecular complexity index is 131. The van der Waals surface area contributed by atoms with Gasteiger partial charge >= 0.3 is 0 Å². The van der Waals surface area contributed by atoms with Gasteiger partial charge in [-0.3, -0.25) is 0 Å². The predicted molar refractivity (Wildman–Crippen MR) is 33.6 cm³/mol. The number of aliphatic hydroxyl groups excluding tert-OH is 1. The second-order valence-corrected chi connectivity index (χ2v) is 2.26. The van der Waals surface area contributed by atoms with Crippen molar-refractivity contribution in [2.45, 2.75) is 32.3 Å². The van der Waals surface area contributed by atoms with E-state index < -0.39 is 6.10 Å². The van der Waals surface area contributed by atoms with E-state index in [0.717, 1.165) is 18.4 Å². The molecule has 0 radical (unpaired) electrons. The fourth-order valence-electron chi connectivity index (χ4n) is 0.937. The molecule has 1 heteroatoms. The summed E-state index contributed by atoms with van der Waals surface area (Å²) in [7, 11) is 0. The second kappa shape index (κ2) is 2.31. The van der Waals surface area contributed by atoms with Crippen LogP contribution in [-0.4, -0.2) is 11.2 Å². The Labute approximate surface area is 51.4 Å². The molecule has 1 nitrogen and oxygen atoms in total. The molecule has 0 saturated carbocycles. The molecule has 46 valence electrons. The highest BCUT2D eigenvalue weighted by Crippen LogP contribution is 2.16. The van der Waals surface area contributed by atoms with E-state index in [1.54, 1.807) is 0 Å². The van der Waals surface area contributed by atoms with Crippen LogP contribution < -0.4 is 0 Å². The fraction of sp³-hybridized carbons (Fsp3) is 0.714. The average Bonchev–Trinajstić information content (AvgIpc) is 1.83. The molecule has 0 bridgehead atoms. The Balaban J connectivity index is 2.62. The van der Waals surface area contributed by atoms with Gasteiger partial charge in [0.2, 0.25) is 0 Å². The summed E-state index contributed by atoms with van der Waals surface area (Å²) in [5, 5.41) is 9.12. The third kappa shape index (κ3) is 1.34. The van der Waals surface area contributed by atoms with Crippen LogP contribution in [0.5, 0.6) is 0 Å². The van der Waals surface area contributed by atoms with Gasteiger partial charge in [0.05, 0.1) is 6.10 Å². The van der Waals surface area contributed by atoms with Crippen molar-refractivity contribution in [3.05, 3.63) is 11.6 Å². The van der Waals surface area contributed by atoms with Gasteiger partial charge in [0, 0.05) is 1.37 Å². The van der Waals surface area contributed by atoms with Crippen LogP contribution in [0.25, 0.3) is 0 Å². The zero-order valence-corrected chi connectivity index (χ0v) is 5.09. The maximum atomic E-state index is 9.12. The zero-order valence-electron chi connectivity index (χ0n) is 6.09. The molecule has 0 aromatic heterocycles. The van der Waals surface area contributed by atoms with Crippen LogP contribution in [0.15, 0.2) is 11.6 Å². The van der Waals surface area contributed by atoms with Crippen molar-refractivity contribution < 1.29 is 6.48 Å². The van der Waals surface area contributed by atoms with Crippen molar-refractivity contribution in [3.63, 3.8) is 0 Å². The quantitative estimate of drug-likeness (QED) is 0.472. The summed E-state index contributed by atoms with van der Waals surface area (Å²) in [4.78, 5) is 0. The molecular formula is C7H12O. The molecule has 0 saturated heterocycles. The summed E-state index contributed by atoms with van der Waals surface area (Å²) in [6.07, 6.45) is 2.94. The van der Waals surface area contributed by atoms with Crippen LogP contribution in [0.2, 0.25) is 0 Å². The van der Waals surface area contributed by atoms with E-state index in [2.05, 4.69) is 0 Å². The largest absolute Gasteiger partial charge is 0.393 e. The first-order valence-electron chi connectivity index (χ1n) is 3.56.